The van der Waals surface area contributed by atoms with Crippen molar-refractivity contribution in [2.24, 2.45) is 0 Å². The van der Waals surface area contributed by atoms with Crippen molar-refractivity contribution in [2.45, 2.75) is 61.3 Å². The van der Waals surface area contributed by atoms with Crippen LogP contribution in [0.15, 0.2) is 76.4 Å². The second-order valence-corrected chi connectivity index (χ2v) is 7.63. The van der Waals surface area contributed by atoms with Crippen LogP contribution in [0.1, 0.15) is 71.1 Å². The average molecular weight is 359 g/mol. The van der Waals surface area contributed by atoms with E-state index in [9.17, 15) is 0 Å². The van der Waals surface area contributed by atoms with Gasteiger partial charge in [-0.3, -0.25) is 0 Å². The van der Waals surface area contributed by atoms with Gasteiger partial charge < -0.3 is 0 Å². The van der Waals surface area contributed by atoms with E-state index in [-0.39, 0.29) is 5.92 Å². The molecule has 0 bridgehead atoms. The average Bonchev–Trinajstić information content (AvgIpc) is 2.59. The molecule has 27 heavy (non-hydrogen) atoms. The van der Waals surface area contributed by atoms with Crippen LogP contribution in [0.5, 0.6) is 0 Å². The molecule has 1 aromatic carbocycles. The van der Waals surface area contributed by atoms with Gasteiger partial charge in [0.05, 0.1) is 0 Å². The van der Waals surface area contributed by atoms with E-state index in [1.54, 1.807) is 0 Å². The normalized spacial score (nSPS) is 13.4. The summed E-state index contributed by atoms with van der Waals surface area (Å²) in [6.45, 7) is 25.7. The molecule has 0 aliphatic rings. The highest BCUT2D eigenvalue weighted by Gasteiger charge is 2.26. The van der Waals surface area contributed by atoms with Crippen LogP contribution >= 0.6 is 0 Å². The van der Waals surface area contributed by atoms with E-state index in [0.717, 1.165) is 16.7 Å². The first-order valence-corrected chi connectivity index (χ1v) is 9.47. The number of benzene rings is 1. The molecule has 0 fully saturated rings. The Morgan fingerprint density at radius 1 is 1.00 bits per heavy atom. The fourth-order valence-corrected chi connectivity index (χ4v) is 3.72. The number of hydrogen-bond donors (Lipinski definition) is 0. The third-order valence-electron chi connectivity index (χ3n) is 5.21. The van der Waals surface area contributed by atoms with Crippen LogP contribution in [0.4, 0.5) is 0 Å². The molecule has 0 amide bonds. The van der Waals surface area contributed by atoms with Crippen LogP contribution in [-0.4, -0.2) is 0 Å². The highest BCUT2D eigenvalue weighted by atomic mass is 14.3. The van der Waals surface area contributed by atoms with Crippen LogP contribution < -0.4 is 0 Å². The largest absolute Gasteiger partial charge is 0.115 e. The summed E-state index contributed by atoms with van der Waals surface area (Å²) in [5.74, 6) is 2.83. The Kier molecular flexibility index (Phi) is 7.86. The van der Waals surface area contributed by atoms with E-state index in [1.807, 2.05) is 6.07 Å². The lowest BCUT2D eigenvalue weighted by molar-refractivity contribution is 0.891. The predicted octanol–water partition coefficient (Wildman–Crippen LogP) is 7.83. The Morgan fingerprint density at radius 3 is 1.93 bits per heavy atom. The summed E-state index contributed by atoms with van der Waals surface area (Å²) in [5, 5.41) is 0. The summed E-state index contributed by atoms with van der Waals surface area (Å²) < 4.78 is 0. The zero-order valence-electron chi connectivity index (χ0n) is 18.4. The van der Waals surface area contributed by atoms with Crippen molar-refractivity contribution >= 4 is 0 Å². The highest BCUT2D eigenvalue weighted by molar-refractivity contribution is 5.58. The lowest BCUT2D eigenvalue weighted by atomic mass is 9.74. The van der Waals surface area contributed by atoms with E-state index in [4.69, 9.17) is 6.42 Å². The van der Waals surface area contributed by atoms with E-state index in [0.29, 0.717) is 0 Å². The van der Waals surface area contributed by atoms with Gasteiger partial charge in [0, 0.05) is 11.5 Å². The third-order valence-corrected chi connectivity index (χ3v) is 5.21. The standard InChI is InChI=1S/C27H34/c1-12-20(9)22(11)26(19(7)8)27(25(17(3)4)18(5)6)24-15-14-23(13-2)16-21(24)10/h2,12,14-16,27H,3,7H2,1,4-6,8-11H3/b20-12-,26-22+. The van der Waals surface area contributed by atoms with Crippen molar-refractivity contribution in [1.29, 1.82) is 0 Å². The van der Waals surface area contributed by atoms with Gasteiger partial charge in [-0.05, 0) is 95.4 Å². The lowest BCUT2D eigenvalue weighted by Crippen LogP contribution is -2.13. The van der Waals surface area contributed by atoms with Crippen molar-refractivity contribution in [2.75, 3.05) is 0 Å². The molecule has 0 aliphatic heterocycles. The molecule has 1 unspecified atom stereocenters. The van der Waals surface area contributed by atoms with Crippen molar-refractivity contribution in [1.82, 2.24) is 0 Å². The third kappa shape index (κ3) is 5.01. The fraction of sp³-hybridized carbons (Fsp3) is 0.333. The molecule has 0 radical (unpaired) electrons. The highest BCUT2D eigenvalue weighted by Crippen LogP contribution is 2.43. The van der Waals surface area contributed by atoms with Crippen LogP contribution in [0.25, 0.3) is 0 Å². The lowest BCUT2D eigenvalue weighted by Gasteiger charge is -2.30. The van der Waals surface area contributed by atoms with Crippen LogP contribution in [0, 0.1) is 19.3 Å². The molecule has 0 saturated heterocycles. The second-order valence-electron chi connectivity index (χ2n) is 7.63. The molecule has 0 heterocycles. The first-order chi connectivity index (χ1) is 12.6. The van der Waals surface area contributed by atoms with Crippen molar-refractivity contribution in [3.05, 3.63) is 93.1 Å². The number of allylic oxidation sites excluding steroid dienone is 8. The van der Waals surface area contributed by atoms with Gasteiger partial charge in [-0.15, -0.1) is 6.42 Å². The Bertz CT molecular complexity index is 884. The molecule has 1 aromatic rings. The number of terminal acetylenes is 1. The van der Waals surface area contributed by atoms with Gasteiger partial charge in [0.25, 0.3) is 0 Å². The molecule has 0 spiro atoms. The van der Waals surface area contributed by atoms with Crippen molar-refractivity contribution < 1.29 is 0 Å². The number of rotatable bonds is 6. The van der Waals surface area contributed by atoms with E-state index in [1.165, 1.54) is 39.0 Å². The predicted molar refractivity (Wildman–Crippen MR) is 122 cm³/mol. The summed E-state index contributed by atoms with van der Waals surface area (Å²) in [6.07, 6.45) is 7.77. The fourth-order valence-electron chi connectivity index (χ4n) is 3.72. The minimum absolute atomic E-state index is 0.0896. The maximum absolute atomic E-state index is 5.61. The molecule has 0 nitrogen and oxygen atoms in total. The Morgan fingerprint density at radius 2 is 1.56 bits per heavy atom. The van der Waals surface area contributed by atoms with E-state index in [2.05, 4.69) is 92.7 Å². The number of hydrogen-bond acceptors (Lipinski definition) is 0. The van der Waals surface area contributed by atoms with Gasteiger partial charge in [-0.1, -0.05) is 53.5 Å². The molecule has 0 aliphatic carbocycles. The Balaban J connectivity index is 4.02. The van der Waals surface area contributed by atoms with Crippen LogP contribution in [0.2, 0.25) is 0 Å². The first-order valence-electron chi connectivity index (χ1n) is 9.47. The zero-order chi connectivity index (χ0) is 20.9. The van der Waals surface area contributed by atoms with E-state index < -0.39 is 0 Å². The maximum atomic E-state index is 5.61. The Labute approximate surface area is 167 Å². The molecule has 1 atom stereocenters. The molecule has 0 aromatic heterocycles. The molecule has 1 rings (SSSR count). The van der Waals surface area contributed by atoms with Crippen LogP contribution in [0.3, 0.4) is 0 Å². The minimum atomic E-state index is 0.0896. The summed E-state index contributed by atoms with van der Waals surface area (Å²) in [5.41, 5.74) is 11.9. The minimum Gasteiger partial charge on any atom is -0.115 e. The second kappa shape index (κ2) is 9.43. The van der Waals surface area contributed by atoms with Gasteiger partial charge in [0.15, 0.2) is 0 Å². The van der Waals surface area contributed by atoms with Gasteiger partial charge in [0.2, 0.25) is 0 Å². The molecule has 0 heteroatoms. The topological polar surface area (TPSA) is 0 Å². The molecule has 0 saturated carbocycles. The molecular formula is C27H34. The Hall–Kier alpha value is -2.52. The monoisotopic (exact) mass is 358 g/mol. The summed E-state index contributed by atoms with van der Waals surface area (Å²) >= 11 is 0. The zero-order valence-corrected chi connectivity index (χ0v) is 18.4. The van der Waals surface area contributed by atoms with Crippen LogP contribution in [-0.2, 0) is 0 Å². The van der Waals surface area contributed by atoms with Gasteiger partial charge in [-0.2, -0.15) is 0 Å². The van der Waals surface area contributed by atoms with Gasteiger partial charge in [-0.25, -0.2) is 0 Å². The van der Waals surface area contributed by atoms with Gasteiger partial charge in [0.1, 0.15) is 0 Å². The quantitative estimate of drug-likeness (QED) is 0.359. The van der Waals surface area contributed by atoms with Crippen molar-refractivity contribution in [3.63, 3.8) is 0 Å². The smallest absolute Gasteiger partial charge is 0.0349 e. The summed E-state index contributed by atoms with van der Waals surface area (Å²) in [4.78, 5) is 0. The molecular weight excluding hydrogens is 324 g/mol. The molecule has 0 N–H and O–H groups in total. The van der Waals surface area contributed by atoms with E-state index >= 15 is 0 Å². The maximum Gasteiger partial charge on any atom is 0.0349 e. The van der Waals surface area contributed by atoms with Gasteiger partial charge >= 0.3 is 0 Å². The summed E-state index contributed by atoms with van der Waals surface area (Å²) in [6, 6.07) is 6.30. The van der Waals surface area contributed by atoms with Crippen molar-refractivity contribution in [3.8, 4) is 12.3 Å². The first kappa shape index (κ1) is 22.5. The number of aryl methyl sites for hydroxylation is 1. The summed E-state index contributed by atoms with van der Waals surface area (Å²) in [7, 11) is 0. The molecule has 142 valence electrons. The SMILES string of the molecule is C#Cc1ccc(C(C(C(=C)C)=C(C)C)/C(C(=C)C)=C(C)/C(C)=C\C)c(C)c1.